The molecule has 0 unspecified atom stereocenters. The first kappa shape index (κ1) is 30.7. The van der Waals surface area contributed by atoms with Gasteiger partial charge in [0.25, 0.3) is 0 Å². The van der Waals surface area contributed by atoms with Gasteiger partial charge in [-0.05, 0) is 33.7 Å². The summed E-state index contributed by atoms with van der Waals surface area (Å²) in [4.78, 5) is 29.4. The van der Waals surface area contributed by atoms with E-state index < -0.39 is 0 Å². The quantitative estimate of drug-likeness (QED) is 0.143. The molecule has 1 heterocycles. The minimum atomic E-state index is -0.178. The van der Waals surface area contributed by atoms with Crippen LogP contribution in [0, 0.1) is 12.1 Å². The van der Waals surface area contributed by atoms with Gasteiger partial charge in [-0.15, -0.1) is 35.0 Å². The molecule has 0 spiro atoms. The van der Waals surface area contributed by atoms with Crippen LogP contribution in [0.3, 0.4) is 0 Å². The predicted octanol–water partition coefficient (Wildman–Crippen LogP) is 9.59. The zero-order valence-corrected chi connectivity index (χ0v) is 29.0. The van der Waals surface area contributed by atoms with E-state index in [0.29, 0.717) is 10.8 Å². The van der Waals surface area contributed by atoms with E-state index >= 15 is 0 Å². The van der Waals surface area contributed by atoms with E-state index in [-0.39, 0.29) is 32.2 Å². The summed E-state index contributed by atoms with van der Waals surface area (Å²) < 4.78 is 3.43. The Kier molecular flexibility index (Phi) is 7.43. The summed E-state index contributed by atoms with van der Waals surface area (Å²) in [5, 5.41) is 11.9. The van der Waals surface area contributed by atoms with Crippen LogP contribution in [-0.2, 0) is 35.2 Å². The second kappa shape index (κ2) is 11.8. The Balaban J connectivity index is 0.00000348. The van der Waals surface area contributed by atoms with Gasteiger partial charge < -0.3 is 18.7 Å². The van der Waals surface area contributed by atoms with Crippen molar-refractivity contribution in [2.24, 2.45) is 14.1 Å². The summed E-state index contributed by atoms with van der Waals surface area (Å²) in [5.41, 5.74) is 1.10. The van der Waals surface area contributed by atoms with Gasteiger partial charge in [0.1, 0.15) is 0 Å². The molecule has 9 aromatic rings. The van der Waals surface area contributed by atoms with E-state index in [0.717, 1.165) is 75.7 Å². The van der Waals surface area contributed by atoms with Gasteiger partial charge in [0.2, 0.25) is 0 Å². The maximum Gasteiger partial charge on any atom is 4.00 e. The van der Waals surface area contributed by atoms with Crippen molar-refractivity contribution >= 4 is 86.4 Å². The molecule has 0 fully saturated rings. The molecule has 5 heteroatoms. The summed E-state index contributed by atoms with van der Waals surface area (Å²) >= 11 is 0. The normalized spacial score (nSPS) is 11.5. The SMILES string of the molecule is Cn1c(=O)c2[c-]c(c3ccccc3c2)c2c3ccccc3ccc2n(C)c(=O)c2[c-]c(c3ccccc3c2)c2c3ccccc3ccc21.[Pt+4]. The number of aryl methyl sites for hydroxylation is 2. The van der Waals surface area contributed by atoms with Crippen molar-refractivity contribution in [3.05, 3.63) is 166 Å². The Hall–Kier alpha value is -5.57. The Morgan fingerprint density at radius 3 is 1.18 bits per heavy atom. The first-order valence-electron chi connectivity index (χ1n) is 16.0. The molecule has 0 aliphatic heterocycles. The molecule has 0 saturated carbocycles. The van der Waals surface area contributed by atoms with E-state index in [4.69, 9.17) is 0 Å². The maximum atomic E-state index is 14.7. The molecule has 4 nitrogen and oxygen atoms in total. The predicted molar refractivity (Wildman–Crippen MR) is 201 cm³/mol. The van der Waals surface area contributed by atoms with Crippen LogP contribution >= 0.6 is 0 Å². The van der Waals surface area contributed by atoms with Gasteiger partial charge in [0.15, 0.2) is 11.1 Å². The summed E-state index contributed by atoms with van der Waals surface area (Å²) in [5.74, 6) is 0. The molecule has 234 valence electrons. The van der Waals surface area contributed by atoms with Crippen LogP contribution in [0.15, 0.2) is 143 Å². The molecule has 0 radical (unpaired) electrons. The van der Waals surface area contributed by atoms with E-state index in [1.165, 1.54) is 0 Å². The van der Waals surface area contributed by atoms with Gasteiger partial charge in [0, 0.05) is 25.1 Å². The number of benzene rings is 8. The fraction of sp³-hybridized carbons (Fsp3) is 0.0455. The van der Waals surface area contributed by atoms with Gasteiger partial charge in [-0.25, -0.2) is 0 Å². The number of hydrogen-bond donors (Lipinski definition) is 0. The Labute approximate surface area is 295 Å². The molecular weight excluding hydrogens is 784 g/mol. The van der Waals surface area contributed by atoms with E-state index in [1.54, 1.807) is 9.13 Å². The van der Waals surface area contributed by atoms with Crippen molar-refractivity contribution in [3.8, 4) is 0 Å². The topological polar surface area (TPSA) is 44.0 Å². The molecule has 0 aliphatic rings. The van der Waals surface area contributed by atoms with Gasteiger partial charge in [-0.1, -0.05) is 152 Å². The van der Waals surface area contributed by atoms with E-state index in [9.17, 15) is 9.59 Å². The summed E-state index contributed by atoms with van der Waals surface area (Å²) in [6.07, 6.45) is 0. The first-order chi connectivity index (χ1) is 23.5. The molecule has 8 aromatic carbocycles. The average molecular weight is 812 g/mol. The monoisotopic (exact) mass is 811 g/mol. The van der Waals surface area contributed by atoms with Gasteiger partial charge in [-0.3, -0.25) is 0 Å². The van der Waals surface area contributed by atoms with Crippen molar-refractivity contribution in [2.45, 2.75) is 0 Å². The molecule has 0 atom stereocenters. The van der Waals surface area contributed by atoms with Crippen LogP contribution in [0.4, 0.5) is 0 Å². The standard InChI is InChI=1S/C44H28N2O2.Pt/c1-45-39-21-19-27-11-3-9-17-35(27)41(39)37-26-32(24-30-14-6-7-15-33(30)37)44(48)46(2)40-22-20-28-12-4-10-18-36(28)42(40)38-25-31(43(45)47)23-29-13-5-8-16-34(29)38;/h3-24H,1-2H3;/q-2;+4. The molecule has 0 N–H and O–H groups in total. The van der Waals surface area contributed by atoms with Crippen molar-refractivity contribution in [1.29, 1.82) is 0 Å². The van der Waals surface area contributed by atoms with Crippen LogP contribution in [0.5, 0.6) is 0 Å². The minimum Gasteiger partial charge on any atom is -0.349 e. The fourth-order valence-corrected chi connectivity index (χ4v) is 7.30. The smallest absolute Gasteiger partial charge is 0.349 e. The molecule has 49 heavy (non-hydrogen) atoms. The molecule has 1 aromatic heterocycles. The third kappa shape index (κ3) is 4.78. The molecular formula is C44H28N2O2Pt+2. The van der Waals surface area contributed by atoms with Crippen LogP contribution in [-0.4, -0.2) is 9.13 Å². The molecule has 0 aliphatic carbocycles. The van der Waals surface area contributed by atoms with Gasteiger partial charge in [-0.2, -0.15) is 0 Å². The largest absolute Gasteiger partial charge is 4.00 e. The fourth-order valence-electron chi connectivity index (χ4n) is 7.30. The van der Waals surface area contributed by atoms with E-state index in [1.807, 2.05) is 111 Å². The van der Waals surface area contributed by atoms with Crippen LogP contribution < -0.4 is 11.1 Å². The second-order valence-corrected chi connectivity index (χ2v) is 12.4. The van der Waals surface area contributed by atoms with Gasteiger partial charge >= 0.3 is 21.1 Å². The number of rotatable bonds is 0. The zero-order chi connectivity index (χ0) is 32.5. The van der Waals surface area contributed by atoms with Crippen molar-refractivity contribution in [3.63, 3.8) is 0 Å². The number of aromatic nitrogens is 2. The van der Waals surface area contributed by atoms with Gasteiger partial charge in [0.05, 0.1) is 0 Å². The third-order valence-electron chi connectivity index (χ3n) is 9.69. The van der Waals surface area contributed by atoms with Crippen molar-refractivity contribution in [2.75, 3.05) is 0 Å². The van der Waals surface area contributed by atoms with Crippen molar-refractivity contribution in [1.82, 2.24) is 9.13 Å². The Morgan fingerprint density at radius 1 is 0.429 bits per heavy atom. The number of nitrogens with zero attached hydrogens (tertiary/aromatic N) is 2. The summed E-state index contributed by atoms with van der Waals surface area (Å²) in [6.45, 7) is 0. The van der Waals surface area contributed by atoms with Crippen LogP contribution in [0.2, 0.25) is 0 Å². The first-order valence-corrected chi connectivity index (χ1v) is 16.0. The average Bonchev–Trinajstić information content (AvgIpc) is 3.14. The Bertz CT molecular complexity index is 2870. The molecule has 0 saturated heterocycles. The van der Waals surface area contributed by atoms with Crippen molar-refractivity contribution < 1.29 is 21.1 Å². The third-order valence-corrected chi connectivity index (χ3v) is 9.69. The second-order valence-electron chi connectivity index (χ2n) is 12.4. The maximum absolute atomic E-state index is 14.7. The minimum absolute atomic E-state index is 0. The summed E-state index contributed by atoms with van der Waals surface area (Å²) in [6, 6.07) is 51.5. The zero-order valence-electron chi connectivity index (χ0n) is 26.7. The summed E-state index contributed by atoms with van der Waals surface area (Å²) in [7, 11) is 3.64. The van der Waals surface area contributed by atoms with E-state index in [2.05, 4.69) is 48.5 Å². The molecule has 0 amide bonds. The number of hydrogen-bond acceptors (Lipinski definition) is 2. The molecule has 4 bridgehead atoms. The van der Waals surface area contributed by atoms with Crippen LogP contribution in [0.1, 0.15) is 0 Å². The Morgan fingerprint density at radius 2 is 0.776 bits per heavy atom. The molecule has 9 rings (SSSR count). The van der Waals surface area contributed by atoms with Crippen LogP contribution in [0.25, 0.3) is 86.4 Å². The number of fused-ring (bicyclic) bond motifs is 16.